The number of nitrogens with zero attached hydrogens (tertiary/aromatic N) is 1. The number of hydrogen-bond acceptors (Lipinski definition) is 2. The third kappa shape index (κ3) is 2.73. The molecule has 2 heteroatoms. The zero-order valence-corrected chi connectivity index (χ0v) is 10.6. The first-order valence-corrected chi connectivity index (χ1v) is 6.53. The van der Waals surface area contributed by atoms with E-state index < -0.39 is 0 Å². The molecule has 2 atom stereocenters. The van der Waals surface area contributed by atoms with Crippen molar-refractivity contribution in [3.8, 4) is 0 Å². The Bertz CT molecular complexity index is 207. The summed E-state index contributed by atoms with van der Waals surface area (Å²) in [5.41, 5.74) is 0.587. The normalized spacial score (nSPS) is 37.8. The molecule has 2 rings (SSSR count). The molecular weight excluding hydrogens is 184 g/mol. The third-order valence-corrected chi connectivity index (χ3v) is 4.27. The first kappa shape index (κ1) is 11.4. The SMILES string of the molecule is CC1CC(C)(C)CCC1N1CCNCC1. The van der Waals surface area contributed by atoms with Gasteiger partial charge >= 0.3 is 0 Å². The van der Waals surface area contributed by atoms with Crippen LogP contribution in [0.2, 0.25) is 0 Å². The molecule has 0 aromatic heterocycles. The molecule has 1 aliphatic heterocycles. The van der Waals surface area contributed by atoms with E-state index >= 15 is 0 Å². The summed E-state index contributed by atoms with van der Waals surface area (Å²) < 4.78 is 0. The molecule has 0 radical (unpaired) electrons. The number of nitrogens with one attached hydrogen (secondary N) is 1. The van der Waals surface area contributed by atoms with Crippen LogP contribution in [0.25, 0.3) is 0 Å². The van der Waals surface area contributed by atoms with Crippen LogP contribution in [0.3, 0.4) is 0 Å². The summed E-state index contributed by atoms with van der Waals surface area (Å²) in [7, 11) is 0. The van der Waals surface area contributed by atoms with Gasteiger partial charge in [-0.1, -0.05) is 20.8 Å². The van der Waals surface area contributed by atoms with Gasteiger partial charge in [-0.05, 0) is 30.6 Å². The van der Waals surface area contributed by atoms with Crippen molar-refractivity contribution in [1.29, 1.82) is 0 Å². The molecule has 0 bridgehead atoms. The molecule has 2 nitrogen and oxygen atoms in total. The van der Waals surface area contributed by atoms with E-state index in [-0.39, 0.29) is 0 Å². The average Bonchev–Trinajstić information content (AvgIpc) is 2.17. The predicted molar refractivity (Wildman–Crippen MR) is 65.0 cm³/mol. The molecule has 0 spiro atoms. The highest BCUT2D eigenvalue weighted by Gasteiger charge is 2.35. The first-order valence-electron chi connectivity index (χ1n) is 6.53. The summed E-state index contributed by atoms with van der Waals surface area (Å²) in [4.78, 5) is 2.72. The zero-order chi connectivity index (χ0) is 10.9. The molecule has 1 heterocycles. The molecular formula is C13H26N2. The highest BCUT2D eigenvalue weighted by molar-refractivity contribution is 4.89. The van der Waals surface area contributed by atoms with Crippen molar-refractivity contribution in [2.75, 3.05) is 26.2 Å². The average molecular weight is 210 g/mol. The van der Waals surface area contributed by atoms with Crippen molar-refractivity contribution in [3.63, 3.8) is 0 Å². The Morgan fingerprint density at radius 1 is 1.20 bits per heavy atom. The maximum absolute atomic E-state index is 3.44. The van der Waals surface area contributed by atoms with Gasteiger partial charge in [0.05, 0.1) is 0 Å². The van der Waals surface area contributed by atoms with Crippen molar-refractivity contribution < 1.29 is 0 Å². The largest absolute Gasteiger partial charge is 0.314 e. The lowest BCUT2D eigenvalue weighted by Gasteiger charge is -2.45. The van der Waals surface area contributed by atoms with Crippen molar-refractivity contribution in [2.45, 2.75) is 46.1 Å². The van der Waals surface area contributed by atoms with E-state index in [0.717, 1.165) is 12.0 Å². The van der Waals surface area contributed by atoms with Crippen LogP contribution in [0.1, 0.15) is 40.0 Å². The third-order valence-electron chi connectivity index (χ3n) is 4.27. The van der Waals surface area contributed by atoms with Gasteiger partial charge in [-0.25, -0.2) is 0 Å². The Morgan fingerprint density at radius 3 is 2.47 bits per heavy atom. The second kappa shape index (κ2) is 4.42. The van der Waals surface area contributed by atoms with Gasteiger partial charge in [0.2, 0.25) is 0 Å². The molecule has 2 aliphatic rings. The van der Waals surface area contributed by atoms with E-state index in [1.54, 1.807) is 0 Å². The molecule has 1 saturated heterocycles. The molecule has 0 aromatic carbocycles. The van der Waals surface area contributed by atoms with Crippen LogP contribution in [0.15, 0.2) is 0 Å². The van der Waals surface area contributed by atoms with Gasteiger partial charge in [-0.15, -0.1) is 0 Å². The quantitative estimate of drug-likeness (QED) is 0.713. The summed E-state index contributed by atoms with van der Waals surface area (Å²) in [6.07, 6.45) is 4.22. The van der Waals surface area contributed by atoms with Crippen LogP contribution in [0, 0.1) is 11.3 Å². The van der Waals surface area contributed by atoms with Gasteiger partial charge in [0.25, 0.3) is 0 Å². The lowest BCUT2D eigenvalue weighted by molar-refractivity contribution is 0.0526. The maximum atomic E-state index is 3.44. The van der Waals surface area contributed by atoms with Gasteiger partial charge in [-0.2, -0.15) is 0 Å². The summed E-state index contributed by atoms with van der Waals surface area (Å²) >= 11 is 0. The molecule has 88 valence electrons. The van der Waals surface area contributed by atoms with E-state index in [2.05, 4.69) is 31.0 Å². The highest BCUT2D eigenvalue weighted by atomic mass is 15.2. The Kier molecular flexibility index (Phi) is 3.36. The molecule has 1 aliphatic carbocycles. The molecule has 1 saturated carbocycles. The monoisotopic (exact) mass is 210 g/mol. The van der Waals surface area contributed by atoms with Crippen molar-refractivity contribution in [2.24, 2.45) is 11.3 Å². The minimum atomic E-state index is 0.587. The second-order valence-electron chi connectivity index (χ2n) is 6.24. The predicted octanol–water partition coefficient (Wildman–Crippen LogP) is 2.11. The van der Waals surface area contributed by atoms with Gasteiger partial charge in [0.1, 0.15) is 0 Å². The Hall–Kier alpha value is -0.0800. The van der Waals surface area contributed by atoms with Crippen molar-refractivity contribution >= 4 is 0 Å². The van der Waals surface area contributed by atoms with Crippen molar-refractivity contribution in [3.05, 3.63) is 0 Å². The summed E-state index contributed by atoms with van der Waals surface area (Å²) in [6.45, 7) is 12.2. The van der Waals surface area contributed by atoms with Crippen LogP contribution in [0.4, 0.5) is 0 Å². The standard InChI is InChI=1S/C13H26N2/c1-11-10-13(2,3)5-4-12(11)15-8-6-14-7-9-15/h11-12,14H,4-10H2,1-3H3. The van der Waals surface area contributed by atoms with Gasteiger partial charge in [0, 0.05) is 32.2 Å². The Labute approximate surface area is 94.4 Å². The summed E-state index contributed by atoms with van der Waals surface area (Å²) in [6, 6.07) is 0.861. The van der Waals surface area contributed by atoms with Crippen LogP contribution in [0.5, 0.6) is 0 Å². The van der Waals surface area contributed by atoms with Crippen LogP contribution < -0.4 is 5.32 Å². The van der Waals surface area contributed by atoms with E-state index in [1.807, 2.05) is 0 Å². The van der Waals surface area contributed by atoms with Crippen LogP contribution >= 0.6 is 0 Å². The van der Waals surface area contributed by atoms with E-state index in [0.29, 0.717) is 5.41 Å². The number of piperazine rings is 1. The molecule has 1 N–H and O–H groups in total. The fourth-order valence-corrected chi connectivity index (χ4v) is 3.49. The minimum Gasteiger partial charge on any atom is -0.314 e. The van der Waals surface area contributed by atoms with Crippen LogP contribution in [-0.4, -0.2) is 37.1 Å². The fraction of sp³-hybridized carbons (Fsp3) is 1.00. The number of rotatable bonds is 1. The molecule has 2 unspecified atom stereocenters. The molecule has 2 fully saturated rings. The maximum Gasteiger partial charge on any atom is 0.0122 e. The smallest absolute Gasteiger partial charge is 0.0122 e. The van der Waals surface area contributed by atoms with E-state index in [1.165, 1.54) is 45.4 Å². The molecule has 0 aromatic rings. The second-order valence-corrected chi connectivity index (χ2v) is 6.24. The van der Waals surface area contributed by atoms with Crippen LogP contribution in [-0.2, 0) is 0 Å². The fourth-order valence-electron chi connectivity index (χ4n) is 3.49. The highest BCUT2D eigenvalue weighted by Crippen LogP contribution is 2.40. The van der Waals surface area contributed by atoms with Gasteiger partial charge in [0.15, 0.2) is 0 Å². The first-order chi connectivity index (χ1) is 7.08. The zero-order valence-electron chi connectivity index (χ0n) is 10.6. The van der Waals surface area contributed by atoms with E-state index in [4.69, 9.17) is 0 Å². The Morgan fingerprint density at radius 2 is 1.87 bits per heavy atom. The number of hydrogen-bond donors (Lipinski definition) is 1. The Balaban J connectivity index is 1.92. The summed E-state index contributed by atoms with van der Waals surface area (Å²) in [5.74, 6) is 0.881. The van der Waals surface area contributed by atoms with Gasteiger partial charge < -0.3 is 5.32 Å². The lowest BCUT2D eigenvalue weighted by atomic mass is 9.70. The minimum absolute atomic E-state index is 0.587. The van der Waals surface area contributed by atoms with E-state index in [9.17, 15) is 0 Å². The van der Waals surface area contributed by atoms with Crippen molar-refractivity contribution in [1.82, 2.24) is 10.2 Å². The van der Waals surface area contributed by atoms with Gasteiger partial charge in [-0.3, -0.25) is 4.90 Å². The summed E-state index contributed by atoms with van der Waals surface area (Å²) in [5, 5.41) is 3.44. The molecule has 15 heavy (non-hydrogen) atoms. The molecule has 0 amide bonds. The topological polar surface area (TPSA) is 15.3 Å². The lowest BCUT2D eigenvalue weighted by Crippen LogP contribution is -2.52.